The largest absolute Gasteiger partial charge is 0.493 e. The summed E-state index contributed by atoms with van der Waals surface area (Å²) in [6, 6.07) is 19.1. The third-order valence-corrected chi connectivity index (χ3v) is 6.83. The fourth-order valence-corrected chi connectivity index (χ4v) is 5.02. The van der Waals surface area contributed by atoms with E-state index in [4.69, 9.17) is 18.9 Å². The number of aromatic nitrogens is 1. The molecule has 2 N–H and O–H groups in total. The van der Waals surface area contributed by atoms with E-state index in [2.05, 4.69) is 22.4 Å². The van der Waals surface area contributed by atoms with Crippen LogP contribution in [0.1, 0.15) is 28.4 Å². The molecule has 0 spiro atoms. The summed E-state index contributed by atoms with van der Waals surface area (Å²) in [5.74, 6) is 2.72. The number of rotatable bonds is 6. The first-order chi connectivity index (χ1) is 17.6. The summed E-state index contributed by atoms with van der Waals surface area (Å²) in [7, 11) is 3.19. The van der Waals surface area contributed by atoms with Crippen LogP contribution < -0.4 is 24.3 Å². The molecule has 36 heavy (non-hydrogen) atoms. The molecule has 2 aliphatic rings. The molecule has 0 radical (unpaired) electrons. The predicted octanol–water partition coefficient (Wildman–Crippen LogP) is 4.80. The SMILES string of the molecule is COc1ccc(C=CC(=O)C2Cc3c([nH]c4ccccc34)C(c3ccc4c(c3)OCO4)N2)cc1OC. The minimum absolute atomic E-state index is 0.00598. The van der Waals surface area contributed by atoms with Gasteiger partial charge in [-0.3, -0.25) is 10.1 Å². The van der Waals surface area contributed by atoms with Crippen LogP contribution in [0.3, 0.4) is 0 Å². The number of hydrogen-bond acceptors (Lipinski definition) is 6. The highest BCUT2D eigenvalue weighted by atomic mass is 16.7. The van der Waals surface area contributed by atoms with Crippen molar-refractivity contribution in [3.05, 3.63) is 89.1 Å². The molecule has 2 unspecified atom stereocenters. The van der Waals surface area contributed by atoms with Gasteiger partial charge in [-0.15, -0.1) is 0 Å². The van der Waals surface area contributed by atoms with Gasteiger partial charge < -0.3 is 23.9 Å². The van der Waals surface area contributed by atoms with Crippen molar-refractivity contribution < 1.29 is 23.7 Å². The van der Waals surface area contributed by atoms with Crippen LogP contribution in [0.15, 0.2) is 66.7 Å². The monoisotopic (exact) mass is 482 g/mol. The molecule has 2 atom stereocenters. The average molecular weight is 483 g/mol. The lowest BCUT2D eigenvalue weighted by atomic mass is 9.88. The van der Waals surface area contributed by atoms with Crippen molar-refractivity contribution in [1.82, 2.24) is 10.3 Å². The van der Waals surface area contributed by atoms with Gasteiger partial charge in [-0.25, -0.2) is 0 Å². The van der Waals surface area contributed by atoms with Gasteiger partial charge in [-0.2, -0.15) is 0 Å². The van der Waals surface area contributed by atoms with Crippen molar-refractivity contribution in [2.45, 2.75) is 18.5 Å². The molecule has 0 amide bonds. The van der Waals surface area contributed by atoms with Crippen molar-refractivity contribution in [3.63, 3.8) is 0 Å². The van der Waals surface area contributed by atoms with E-state index in [0.29, 0.717) is 23.7 Å². The first-order valence-electron chi connectivity index (χ1n) is 11.8. The summed E-state index contributed by atoms with van der Waals surface area (Å²) in [6.07, 6.45) is 4.04. The fraction of sp³-hybridized carbons (Fsp3) is 0.207. The molecule has 0 aliphatic carbocycles. The molecular weight excluding hydrogens is 456 g/mol. The van der Waals surface area contributed by atoms with Crippen LogP contribution in [0.2, 0.25) is 0 Å². The van der Waals surface area contributed by atoms with Crippen molar-refractivity contribution >= 4 is 22.8 Å². The van der Waals surface area contributed by atoms with Gasteiger partial charge in [-0.05, 0) is 59.5 Å². The van der Waals surface area contributed by atoms with Gasteiger partial charge in [0.1, 0.15) is 0 Å². The minimum Gasteiger partial charge on any atom is -0.493 e. The van der Waals surface area contributed by atoms with E-state index in [1.807, 2.05) is 54.6 Å². The second kappa shape index (κ2) is 9.09. The molecule has 0 bridgehead atoms. The first kappa shape index (κ1) is 22.2. The summed E-state index contributed by atoms with van der Waals surface area (Å²) >= 11 is 0. The van der Waals surface area contributed by atoms with E-state index in [-0.39, 0.29) is 24.7 Å². The third kappa shape index (κ3) is 3.87. The van der Waals surface area contributed by atoms with Gasteiger partial charge in [-0.1, -0.05) is 36.4 Å². The number of benzene rings is 3. The molecule has 182 valence electrons. The topological polar surface area (TPSA) is 81.8 Å². The Morgan fingerprint density at radius 1 is 0.972 bits per heavy atom. The Labute approximate surface area is 208 Å². The van der Waals surface area contributed by atoms with Gasteiger partial charge in [0.25, 0.3) is 0 Å². The van der Waals surface area contributed by atoms with Gasteiger partial charge >= 0.3 is 0 Å². The zero-order valence-electron chi connectivity index (χ0n) is 20.0. The van der Waals surface area contributed by atoms with Gasteiger partial charge in [0, 0.05) is 16.6 Å². The molecule has 7 nitrogen and oxygen atoms in total. The number of methoxy groups -OCH3 is 2. The average Bonchev–Trinajstić information content (AvgIpc) is 3.55. The van der Waals surface area contributed by atoms with Crippen LogP contribution in [0.5, 0.6) is 23.0 Å². The number of hydrogen-bond donors (Lipinski definition) is 2. The van der Waals surface area contributed by atoms with Gasteiger partial charge in [0.05, 0.1) is 26.3 Å². The Bertz CT molecular complexity index is 1490. The van der Waals surface area contributed by atoms with E-state index in [0.717, 1.165) is 39.0 Å². The van der Waals surface area contributed by atoms with Crippen LogP contribution in [-0.4, -0.2) is 37.8 Å². The van der Waals surface area contributed by atoms with Crippen molar-refractivity contribution in [1.29, 1.82) is 0 Å². The lowest BCUT2D eigenvalue weighted by molar-refractivity contribution is -0.116. The standard InChI is InChI=1S/C29H26N2O5/c1-33-24-11-8-17(13-26(24)34-2)7-10-23(32)22-15-20-19-5-3-4-6-21(19)30-29(20)28(31-22)18-9-12-25-27(14-18)36-16-35-25/h3-14,22,28,30-31H,15-16H2,1-2H3. The van der Waals surface area contributed by atoms with E-state index >= 15 is 0 Å². The maximum Gasteiger partial charge on any atom is 0.231 e. The van der Waals surface area contributed by atoms with Crippen molar-refractivity contribution in [2.75, 3.05) is 21.0 Å². The number of para-hydroxylation sites is 1. The number of ketones is 1. The zero-order valence-corrected chi connectivity index (χ0v) is 20.0. The molecule has 0 saturated heterocycles. The molecule has 1 aromatic heterocycles. The number of carbonyl (C=O) groups is 1. The Kier molecular flexibility index (Phi) is 5.62. The molecule has 0 fully saturated rings. The second-order valence-electron chi connectivity index (χ2n) is 8.88. The number of H-pyrrole nitrogens is 1. The van der Waals surface area contributed by atoms with E-state index < -0.39 is 0 Å². The van der Waals surface area contributed by atoms with Crippen LogP contribution in [0.25, 0.3) is 17.0 Å². The minimum atomic E-state index is -0.386. The van der Waals surface area contributed by atoms with Crippen LogP contribution in [0, 0.1) is 0 Å². The Morgan fingerprint density at radius 2 is 1.81 bits per heavy atom. The molecule has 2 aliphatic heterocycles. The maximum atomic E-state index is 13.4. The van der Waals surface area contributed by atoms with Crippen LogP contribution >= 0.6 is 0 Å². The summed E-state index contributed by atoms with van der Waals surface area (Å²) in [5, 5.41) is 4.72. The molecule has 3 heterocycles. The maximum absolute atomic E-state index is 13.4. The Hall–Kier alpha value is -4.23. The lowest BCUT2D eigenvalue weighted by Crippen LogP contribution is -2.44. The number of fused-ring (bicyclic) bond motifs is 4. The lowest BCUT2D eigenvalue weighted by Gasteiger charge is -2.30. The van der Waals surface area contributed by atoms with Crippen LogP contribution in [-0.2, 0) is 11.2 Å². The number of nitrogens with one attached hydrogen (secondary N) is 2. The first-order valence-corrected chi connectivity index (χ1v) is 11.8. The smallest absolute Gasteiger partial charge is 0.231 e. The third-order valence-electron chi connectivity index (χ3n) is 6.83. The highest BCUT2D eigenvalue weighted by molar-refractivity contribution is 5.99. The highest BCUT2D eigenvalue weighted by Crippen LogP contribution is 2.39. The van der Waals surface area contributed by atoms with Crippen molar-refractivity contribution in [3.8, 4) is 23.0 Å². The molecule has 7 heteroatoms. The zero-order chi connectivity index (χ0) is 24.6. The predicted molar refractivity (Wildman–Crippen MR) is 137 cm³/mol. The molecule has 3 aromatic carbocycles. The molecular formula is C29H26N2O5. The summed E-state index contributed by atoms with van der Waals surface area (Å²) in [5.41, 5.74) is 5.15. The quantitative estimate of drug-likeness (QED) is 0.384. The molecule has 6 rings (SSSR count). The highest BCUT2D eigenvalue weighted by Gasteiger charge is 2.33. The second-order valence-corrected chi connectivity index (χ2v) is 8.88. The molecule has 4 aromatic rings. The van der Waals surface area contributed by atoms with Crippen molar-refractivity contribution in [2.24, 2.45) is 0 Å². The Balaban J connectivity index is 1.34. The van der Waals surface area contributed by atoms with Gasteiger partial charge in [0.15, 0.2) is 28.8 Å². The van der Waals surface area contributed by atoms with Gasteiger partial charge in [0.2, 0.25) is 6.79 Å². The fourth-order valence-electron chi connectivity index (χ4n) is 5.02. The number of carbonyl (C=O) groups excluding carboxylic acids is 1. The van der Waals surface area contributed by atoms with E-state index in [9.17, 15) is 4.79 Å². The summed E-state index contributed by atoms with van der Waals surface area (Å²) < 4.78 is 21.8. The number of ether oxygens (including phenoxy) is 4. The molecule has 0 saturated carbocycles. The summed E-state index contributed by atoms with van der Waals surface area (Å²) in [4.78, 5) is 17.0. The van der Waals surface area contributed by atoms with E-state index in [1.54, 1.807) is 20.3 Å². The normalized spacial score (nSPS) is 18.4. The Morgan fingerprint density at radius 3 is 2.67 bits per heavy atom. The number of aromatic amines is 1. The van der Waals surface area contributed by atoms with Crippen LogP contribution in [0.4, 0.5) is 0 Å². The van der Waals surface area contributed by atoms with E-state index in [1.165, 1.54) is 0 Å². The summed E-state index contributed by atoms with van der Waals surface area (Å²) in [6.45, 7) is 0.219.